The summed E-state index contributed by atoms with van der Waals surface area (Å²) in [4.78, 5) is 11.9. The first-order valence-corrected chi connectivity index (χ1v) is 6.88. The topological polar surface area (TPSA) is 55.1 Å². The van der Waals surface area contributed by atoms with E-state index in [-0.39, 0.29) is 17.9 Å². The highest BCUT2D eigenvalue weighted by atomic mass is 19.1. The number of nitrogens with zero attached hydrogens (tertiary/aromatic N) is 1. The molecule has 0 radical (unpaired) electrons. The van der Waals surface area contributed by atoms with Crippen molar-refractivity contribution in [2.24, 2.45) is 0 Å². The van der Waals surface area contributed by atoms with Crippen molar-refractivity contribution < 1.29 is 18.1 Å². The number of carbonyl (C=O) groups excluding carboxylic acids is 1. The summed E-state index contributed by atoms with van der Waals surface area (Å²) in [7, 11) is 0. The molecular formula is C17H12F2N2O2. The van der Waals surface area contributed by atoms with Crippen molar-refractivity contribution >= 4 is 11.6 Å². The van der Waals surface area contributed by atoms with E-state index in [1.54, 1.807) is 24.3 Å². The molecule has 1 heterocycles. The van der Waals surface area contributed by atoms with E-state index < -0.39 is 11.7 Å². The first-order chi connectivity index (χ1) is 11.1. The normalized spacial score (nSPS) is 10.5. The van der Waals surface area contributed by atoms with Crippen molar-refractivity contribution in [1.82, 2.24) is 5.16 Å². The fourth-order valence-electron chi connectivity index (χ4n) is 2.07. The van der Waals surface area contributed by atoms with Crippen LogP contribution in [-0.2, 0) is 11.2 Å². The van der Waals surface area contributed by atoms with Crippen LogP contribution in [0.4, 0.5) is 14.5 Å². The number of aromatic nitrogens is 1. The van der Waals surface area contributed by atoms with Crippen molar-refractivity contribution in [3.63, 3.8) is 0 Å². The number of halogens is 2. The summed E-state index contributed by atoms with van der Waals surface area (Å²) in [5.41, 5.74) is 1.16. The highest BCUT2D eigenvalue weighted by molar-refractivity contribution is 5.92. The van der Waals surface area contributed by atoms with Crippen LogP contribution in [0, 0.1) is 11.6 Å². The number of rotatable bonds is 4. The van der Waals surface area contributed by atoms with Gasteiger partial charge in [-0.1, -0.05) is 17.3 Å². The highest BCUT2D eigenvalue weighted by Gasteiger charge is 2.12. The number of hydrogen-bond acceptors (Lipinski definition) is 3. The SMILES string of the molecule is O=C(Cc1cc(-c2ccc(F)cc2)on1)Nc1ccccc1F. The Morgan fingerprint density at radius 1 is 1.09 bits per heavy atom. The standard InChI is InChI=1S/C17H12F2N2O2/c18-12-7-5-11(6-8-12)16-9-13(21-23-16)10-17(22)20-15-4-2-1-3-14(15)19/h1-9H,10H2,(H,20,22). The maximum atomic E-state index is 13.5. The van der Waals surface area contributed by atoms with Gasteiger partial charge in [0.2, 0.25) is 5.91 Å². The molecule has 0 fully saturated rings. The molecular weight excluding hydrogens is 302 g/mol. The average Bonchev–Trinajstić information content (AvgIpc) is 2.98. The maximum Gasteiger partial charge on any atom is 0.230 e. The fraction of sp³-hybridized carbons (Fsp3) is 0.0588. The molecule has 0 unspecified atom stereocenters. The fourth-order valence-corrected chi connectivity index (χ4v) is 2.07. The second-order valence-electron chi connectivity index (χ2n) is 4.89. The lowest BCUT2D eigenvalue weighted by molar-refractivity contribution is -0.115. The zero-order valence-corrected chi connectivity index (χ0v) is 11.9. The lowest BCUT2D eigenvalue weighted by Crippen LogP contribution is -2.15. The molecule has 3 aromatic rings. The minimum absolute atomic E-state index is 0.0565. The summed E-state index contributed by atoms with van der Waals surface area (Å²) in [5, 5.41) is 6.27. The quantitative estimate of drug-likeness (QED) is 0.797. The molecule has 1 aromatic heterocycles. The summed E-state index contributed by atoms with van der Waals surface area (Å²) < 4.78 is 31.5. The third kappa shape index (κ3) is 3.60. The van der Waals surface area contributed by atoms with Crippen LogP contribution < -0.4 is 5.32 Å². The Balaban J connectivity index is 1.68. The van der Waals surface area contributed by atoms with Gasteiger partial charge in [-0.05, 0) is 36.4 Å². The Labute approximate surface area is 130 Å². The zero-order chi connectivity index (χ0) is 16.2. The van der Waals surface area contributed by atoms with Gasteiger partial charge in [-0.3, -0.25) is 4.79 Å². The Morgan fingerprint density at radius 3 is 2.57 bits per heavy atom. The van der Waals surface area contributed by atoms with Crippen LogP contribution in [0.25, 0.3) is 11.3 Å². The second kappa shape index (κ2) is 6.39. The Bertz CT molecular complexity index is 829. The second-order valence-corrected chi connectivity index (χ2v) is 4.89. The first kappa shape index (κ1) is 14.9. The predicted molar refractivity (Wildman–Crippen MR) is 80.6 cm³/mol. The molecule has 4 nitrogen and oxygen atoms in total. The summed E-state index contributed by atoms with van der Waals surface area (Å²) in [6.07, 6.45) is -0.0565. The van der Waals surface area contributed by atoms with Gasteiger partial charge in [-0.25, -0.2) is 8.78 Å². The number of nitrogens with one attached hydrogen (secondary N) is 1. The molecule has 0 aliphatic rings. The Hall–Kier alpha value is -3.02. The van der Waals surface area contributed by atoms with Gasteiger partial charge in [0.15, 0.2) is 5.76 Å². The van der Waals surface area contributed by atoms with Crippen LogP contribution in [0.15, 0.2) is 59.1 Å². The van der Waals surface area contributed by atoms with Gasteiger partial charge >= 0.3 is 0 Å². The molecule has 23 heavy (non-hydrogen) atoms. The lowest BCUT2D eigenvalue weighted by atomic mass is 10.1. The van der Waals surface area contributed by atoms with Gasteiger partial charge in [-0.15, -0.1) is 0 Å². The van der Waals surface area contributed by atoms with E-state index in [1.807, 2.05) is 0 Å². The van der Waals surface area contributed by atoms with Crippen LogP contribution >= 0.6 is 0 Å². The van der Waals surface area contributed by atoms with E-state index in [0.29, 0.717) is 17.0 Å². The first-order valence-electron chi connectivity index (χ1n) is 6.88. The summed E-state index contributed by atoms with van der Waals surface area (Å²) in [5.74, 6) is -0.835. The summed E-state index contributed by atoms with van der Waals surface area (Å²) in [6, 6.07) is 13.2. The zero-order valence-electron chi connectivity index (χ0n) is 11.9. The van der Waals surface area contributed by atoms with Gasteiger partial charge < -0.3 is 9.84 Å². The average molecular weight is 314 g/mol. The lowest BCUT2D eigenvalue weighted by Gasteiger charge is -2.04. The van der Waals surface area contributed by atoms with E-state index in [2.05, 4.69) is 10.5 Å². The van der Waals surface area contributed by atoms with Crippen molar-refractivity contribution in [3.05, 3.63) is 71.9 Å². The predicted octanol–water partition coefficient (Wildman–Crippen LogP) is 3.80. The van der Waals surface area contributed by atoms with Crippen LogP contribution in [0.5, 0.6) is 0 Å². The van der Waals surface area contributed by atoms with Gasteiger partial charge in [0, 0.05) is 11.6 Å². The van der Waals surface area contributed by atoms with E-state index in [4.69, 9.17) is 4.52 Å². The van der Waals surface area contributed by atoms with Crippen molar-refractivity contribution in [2.45, 2.75) is 6.42 Å². The Morgan fingerprint density at radius 2 is 1.83 bits per heavy atom. The molecule has 0 bridgehead atoms. The molecule has 0 aliphatic heterocycles. The Kier molecular flexibility index (Phi) is 4.14. The monoisotopic (exact) mass is 314 g/mol. The molecule has 0 spiro atoms. The molecule has 1 N–H and O–H groups in total. The molecule has 1 amide bonds. The number of para-hydroxylation sites is 1. The third-order valence-corrected chi connectivity index (χ3v) is 3.18. The number of hydrogen-bond donors (Lipinski definition) is 1. The summed E-state index contributed by atoms with van der Waals surface area (Å²) >= 11 is 0. The van der Waals surface area contributed by atoms with Crippen molar-refractivity contribution in [1.29, 1.82) is 0 Å². The molecule has 0 aliphatic carbocycles. The molecule has 0 atom stereocenters. The van der Waals surface area contributed by atoms with E-state index >= 15 is 0 Å². The van der Waals surface area contributed by atoms with Gasteiger partial charge in [-0.2, -0.15) is 0 Å². The number of benzene rings is 2. The molecule has 0 saturated heterocycles. The van der Waals surface area contributed by atoms with Crippen LogP contribution in [0.1, 0.15) is 5.69 Å². The van der Waals surface area contributed by atoms with Gasteiger partial charge in [0.25, 0.3) is 0 Å². The molecule has 6 heteroatoms. The van der Waals surface area contributed by atoms with E-state index in [1.165, 1.54) is 30.3 Å². The maximum absolute atomic E-state index is 13.5. The third-order valence-electron chi connectivity index (χ3n) is 3.18. The van der Waals surface area contributed by atoms with Crippen LogP contribution in [0.2, 0.25) is 0 Å². The van der Waals surface area contributed by atoms with E-state index in [0.717, 1.165) is 0 Å². The number of amides is 1. The van der Waals surface area contributed by atoms with Crippen LogP contribution in [0.3, 0.4) is 0 Å². The smallest absolute Gasteiger partial charge is 0.230 e. The van der Waals surface area contributed by atoms with Gasteiger partial charge in [0.05, 0.1) is 17.8 Å². The molecule has 116 valence electrons. The minimum atomic E-state index is -0.506. The highest BCUT2D eigenvalue weighted by Crippen LogP contribution is 2.21. The molecule has 3 rings (SSSR count). The summed E-state index contributed by atoms with van der Waals surface area (Å²) in [6.45, 7) is 0. The molecule has 0 saturated carbocycles. The van der Waals surface area contributed by atoms with E-state index in [9.17, 15) is 13.6 Å². The van der Waals surface area contributed by atoms with Crippen molar-refractivity contribution in [2.75, 3.05) is 5.32 Å². The number of carbonyl (C=O) groups is 1. The largest absolute Gasteiger partial charge is 0.356 e. The minimum Gasteiger partial charge on any atom is -0.356 e. The molecule has 2 aromatic carbocycles. The van der Waals surface area contributed by atoms with Crippen LogP contribution in [-0.4, -0.2) is 11.1 Å². The number of anilines is 1. The van der Waals surface area contributed by atoms with Crippen molar-refractivity contribution in [3.8, 4) is 11.3 Å². The van der Waals surface area contributed by atoms with Gasteiger partial charge in [0.1, 0.15) is 11.6 Å².